The average molecular weight is 468 g/mol. The van der Waals surface area contributed by atoms with E-state index in [0.717, 1.165) is 4.47 Å². The van der Waals surface area contributed by atoms with E-state index < -0.39 is 0 Å². The molecular weight excluding hydrogens is 450 g/mol. The van der Waals surface area contributed by atoms with Crippen LogP contribution < -0.4 is 19.5 Å². The summed E-state index contributed by atoms with van der Waals surface area (Å²) in [7, 11) is 1.56. The highest BCUT2D eigenvalue weighted by molar-refractivity contribution is 9.10. The lowest BCUT2D eigenvalue weighted by Crippen LogP contribution is -2.19. The first kappa shape index (κ1) is 20.0. The lowest BCUT2D eigenvalue weighted by Gasteiger charge is -2.21. The topological polar surface area (TPSA) is 73.9 Å². The number of rotatable bonds is 5. The molecular formula is C23H18BrNO5. The highest BCUT2D eigenvalue weighted by atomic mass is 79.9. The molecule has 1 amide bonds. The van der Waals surface area contributed by atoms with Crippen molar-refractivity contribution in [3.8, 4) is 17.2 Å². The van der Waals surface area contributed by atoms with Crippen molar-refractivity contribution in [3.63, 3.8) is 0 Å². The van der Waals surface area contributed by atoms with Gasteiger partial charge in [0.2, 0.25) is 0 Å². The van der Waals surface area contributed by atoms with Gasteiger partial charge in [0, 0.05) is 21.7 Å². The first-order chi connectivity index (χ1) is 14.5. The second kappa shape index (κ2) is 8.59. The fraction of sp³-hybridized carbons (Fsp3) is 0.130. The van der Waals surface area contributed by atoms with E-state index in [-0.39, 0.29) is 11.7 Å². The molecule has 0 unspecified atom stereocenters. The van der Waals surface area contributed by atoms with Gasteiger partial charge in [-0.1, -0.05) is 15.9 Å². The number of nitrogens with one attached hydrogen (secondary N) is 1. The molecule has 0 aromatic heterocycles. The van der Waals surface area contributed by atoms with Crippen molar-refractivity contribution in [2.24, 2.45) is 0 Å². The Morgan fingerprint density at radius 3 is 2.13 bits per heavy atom. The highest BCUT2D eigenvalue weighted by Crippen LogP contribution is 2.37. The number of methoxy groups -OCH3 is 1. The minimum atomic E-state index is -0.348. The Morgan fingerprint density at radius 1 is 0.900 bits per heavy atom. The molecule has 1 aliphatic heterocycles. The predicted molar refractivity (Wildman–Crippen MR) is 116 cm³/mol. The zero-order valence-corrected chi connectivity index (χ0v) is 17.7. The molecule has 3 aromatic rings. The minimum Gasteiger partial charge on any atom is -0.497 e. The van der Waals surface area contributed by atoms with E-state index in [1.165, 1.54) is 0 Å². The summed E-state index contributed by atoms with van der Waals surface area (Å²) in [5, 5.41) is 2.83. The third-order valence-corrected chi connectivity index (χ3v) is 5.16. The predicted octanol–water partition coefficient (Wildman–Crippen LogP) is 4.71. The van der Waals surface area contributed by atoms with Crippen molar-refractivity contribution in [2.45, 2.75) is 0 Å². The fourth-order valence-corrected chi connectivity index (χ4v) is 3.34. The SMILES string of the molecule is COc1ccc(C(=O)Nc2cc3c(cc2C(=O)c2ccc(Br)cc2)OCCO3)cc1. The van der Waals surface area contributed by atoms with E-state index in [9.17, 15) is 9.59 Å². The van der Waals surface area contributed by atoms with Crippen LogP contribution in [0.2, 0.25) is 0 Å². The van der Waals surface area contributed by atoms with Crippen LogP contribution >= 0.6 is 15.9 Å². The van der Waals surface area contributed by atoms with E-state index in [1.54, 1.807) is 67.8 Å². The Balaban J connectivity index is 1.70. The summed E-state index contributed by atoms with van der Waals surface area (Å²) in [4.78, 5) is 26.0. The van der Waals surface area contributed by atoms with Crippen LogP contribution in [0.5, 0.6) is 17.2 Å². The summed E-state index contributed by atoms with van der Waals surface area (Å²) in [6.45, 7) is 0.801. The van der Waals surface area contributed by atoms with Crippen molar-refractivity contribution in [3.05, 3.63) is 81.8 Å². The lowest BCUT2D eigenvalue weighted by atomic mass is 10.0. The number of fused-ring (bicyclic) bond motifs is 1. The monoisotopic (exact) mass is 467 g/mol. The third-order valence-electron chi connectivity index (χ3n) is 4.63. The molecule has 152 valence electrons. The molecule has 1 aliphatic rings. The number of hydrogen-bond donors (Lipinski definition) is 1. The molecule has 6 nitrogen and oxygen atoms in total. The van der Waals surface area contributed by atoms with Crippen LogP contribution in [0, 0.1) is 0 Å². The van der Waals surface area contributed by atoms with Gasteiger partial charge in [-0.3, -0.25) is 9.59 Å². The summed E-state index contributed by atoms with van der Waals surface area (Å²) in [6, 6.07) is 17.0. The number of benzene rings is 3. The molecule has 0 saturated heterocycles. The fourth-order valence-electron chi connectivity index (χ4n) is 3.07. The summed E-state index contributed by atoms with van der Waals surface area (Å²) in [5.74, 6) is 1.03. The molecule has 1 heterocycles. The van der Waals surface area contributed by atoms with E-state index in [1.807, 2.05) is 0 Å². The molecule has 7 heteroatoms. The molecule has 0 atom stereocenters. The van der Waals surface area contributed by atoms with Gasteiger partial charge >= 0.3 is 0 Å². The molecule has 0 radical (unpaired) electrons. The largest absolute Gasteiger partial charge is 0.497 e. The Bertz CT molecular complexity index is 1090. The molecule has 4 rings (SSSR count). The second-order valence-electron chi connectivity index (χ2n) is 6.56. The average Bonchev–Trinajstić information content (AvgIpc) is 2.78. The maximum atomic E-state index is 13.2. The van der Waals surface area contributed by atoms with Crippen molar-refractivity contribution in [1.29, 1.82) is 0 Å². The summed E-state index contributed by atoms with van der Waals surface area (Å²) in [5.41, 5.74) is 1.61. The van der Waals surface area contributed by atoms with Crippen molar-refractivity contribution in [1.82, 2.24) is 0 Å². The van der Waals surface area contributed by atoms with Crippen LogP contribution in [0.1, 0.15) is 26.3 Å². The molecule has 0 fully saturated rings. The molecule has 0 aliphatic carbocycles. The Labute approximate surface area is 181 Å². The minimum absolute atomic E-state index is 0.232. The quantitative estimate of drug-likeness (QED) is 0.549. The van der Waals surface area contributed by atoms with Gasteiger partial charge in [-0.15, -0.1) is 0 Å². The van der Waals surface area contributed by atoms with Gasteiger partial charge in [-0.05, 0) is 54.6 Å². The van der Waals surface area contributed by atoms with Gasteiger partial charge in [0.05, 0.1) is 18.4 Å². The number of ether oxygens (including phenoxy) is 3. The number of ketones is 1. The Kier molecular flexibility index (Phi) is 5.72. The van der Waals surface area contributed by atoms with Gasteiger partial charge in [0.25, 0.3) is 5.91 Å². The summed E-state index contributed by atoms with van der Waals surface area (Å²) in [6.07, 6.45) is 0. The van der Waals surface area contributed by atoms with Crippen LogP contribution in [-0.4, -0.2) is 32.0 Å². The zero-order chi connectivity index (χ0) is 21.1. The second-order valence-corrected chi connectivity index (χ2v) is 7.48. The van der Waals surface area contributed by atoms with E-state index in [0.29, 0.717) is 52.8 Å². The van der Waals surface area contributed by atoms with Gasteiger partial charge in [0.15, 0.2) is 17.3 Å². The zero-order valence-electron chi connectivity index (χ0n) is 16.1. The van der Waals surface area contributed by atoms with Crippen LogP contribution in [0.25, 0.3) is 0 Å². The third kappa shape index (κ3) is 4.16. The first-order valence-corrected chi connectivity index (χ1v) is 10.0. The molecule has 3 aromatic carbocycles. The van der Waals surface area contributed by atoms with E-state index in [4.69, 9.17) is 14.2 Å². The summed E-state index contributed by atoms with van der Waals surface area (Å²) < 4.78 is 17.3. The highest BCUT2D eigenvalue weighted by Gasteiger charge is 2.22. The number of halogens is 1. The lowest BCUT2D eigenvalue weighted by molar-refractivity contribution is 0.102. The number of amides is 1. The Morgan fingerprint density at radius 2 is 1.50 bits per heavy atom. The normalized spacial score (nSPS) is 12.2. The van der Waals surface area contributed by atoms with Crippen molar-refractivity contribution in [2.75, 3.05) is 25.6 Å². The number of carbonyl (C=O) groups is 2. The number of hydrogen-bond acceptors (Lipinski definition) is 5. The van der Waals surface area contributed by atoms with Crippen LogP contribution in [-0.2, 0) is 0 Å². The molecule has 0 saturated carbocycles. The number of carbonyl (C=O) groups excluding carboxylic acids is 2. The van der Waals surface area contributed by atoms with Crippen LogP contribution in [0.4, 0.5) is 5.69 Å². The smallest absolute Gasteiger partial charge is 0.255 e. The standard InChI is InChI=1S/C23H18BrNO5/c1-28-17-8-4-15(5-9-17)23(27)25-19-13-21-20(29-10-11-30-21)12-18(19)22(26)14-2-6-16(24)7-3-14/h2-9,12-13H,10-11H2,1H3,(H,25,27). The van der Waals surface area contributed by atoms with Crippen LogP contribution in [0.3, 0.4) is 0 Å². The van der Waals surface area contributed by atoms with E-state index in [2.05, 4.69) is 21.2 Å². The molecule has 0 bridgehead atoms. The van der Waals surface area contributed by atoms with Crippen LogP contribution in [0.15, 0.2) is 65.1 Å². The van der Waals surface area contributed by atoms with Crippen molar-refractivity contribution >= 4 is 33.3 Å². The Hall–Kier alpha value is -3.32. The summed E-state index contributed by atoms with van der Waals surface area (Å²) >= 11 is 3.37. The maximum Gasteiger partial charge on any atom is 0.255 e. The maximum absolute atomic E-state index is 13.2. The van der Waals surface area contributed by atoms with Gasteiger partial charge in [-0.2, -0.15) is 0 Å². The molecule has 1 N–H and O–H groups in total. The molecule has 30 heavy (non-hydrogen) atoms. The van der Waals surface area contributed by atoms with Gasteiger partial charge < -0.3 is 19.5 Å². The molecule has 0 spiro atoms. The first-order valence-electron chi connectivity index (χ1n) is 9.24. The van der Waals surface area contributed by atoms with Gasteiger partial charge in [0.1, 0.15) is 19.0 Å². The van der Waals surface area contributed by atoms with Gasteiger partial charge in [-0.25, -0.2) is 0 Å². The number of anilines is 1. The van der Waals surface area contributed by atoms with Crippen molar-refractivity contribution < 1.29 is 23.8 Å². The van der Waals surface area contributed by atoms with E-state index >= 15 is 0 Å².